The second-order valence-corrected chi connectivity index (χ2v) is 3.64. The summed E-state index contributed by atoms with van der Waals surface area (Å²) in [6.45, 7) is 0. The van der Waals surface area contributed by atoms with Crippen LogP contribution in [0.5, 0.6) is 0 Å². The van der Waals surface area contributed by atoms with Crippen molar-refractivity contribution in [3.05, 3.63) is 36.9 Å². The van der Waals surface area contributed by atoms with Crippen molar-refractivity contribution in [3.8, 4) is 5.69 Å². The number of nitrogen functional groups attached to an aromatic ring is 2. The minimum atomic E-state index is 0.379. The molecule has 0 aliphatic heterocycles. The lowest BCUT2D eigenvalue weighted by Gasteiger charge is -2.03. The molecule has 0 atom stereocenters. The average Bonchev–Trinajstić information content (AvgIpc) is 2.75. The fraction of sp³-hybridized carbons (Fsp3) is 0. The molecule has 0 aliphatic carbocycles. The van der Waals surface area contributed by atoms with Gasteiger partial charge in [0, 0.05) is 11.4 Å². The van der Waals surface area contributed by atoms with Crippen LogP contribution in [0.1, 0.15) is 0 Å². The van der Waals surface area contributed by atoms with Crippen molar-refractivity contribution >= 4 is 22.7 Å². The third-order valence-electron chi connectivity index (χ3n) is 2.53. The number of hydrogen-bond acceptors (Lipinski definition) is 5. The van der Waals surface area contributed by atoms with E-state index in [0.29, 0.717) is 22.7 Å². The van der Waals surface area contributed by atoms with Gasteiger partial charge in [0.1, 0.15) is 12.7 Å². The van der Waals surface area contributed by atoms with Crippen LogP contribution in [0.4, 0.5) is 11.5 Å². The Labute approximate surface area is 96.9 Å². The van der Waals surface area contributed by atoms with Crippen molar-refractivity contribution < 1.29 is 0 Å². The highest BCUT2D eigenvalue weighted by atomic mass is 15.1. The zero-order chi connectivity index (χ0) is 11.8. The van der Waals surface area contributed by atoms with Crippen molar-refractivity contribution in [1.29, 1.82) is 0 Å². The second-order valence-electron chi connectivity index (χ2n) is 3.64. The van der Waals surface area contributed by atoms with E-state index in [1.165, 1.54) is 6.33 Å². The summed E-state index contributed by atoms with van der Waals surface area (Å²) in [6.07, 6.45) is 3.09. The molecule has 6 nitrogen and oxygen atoms in total. The molecule has 3 rings (SSSR count). The van der Waals surface area contributed by atoms with Gasteiger partial charge in [-0.15, -0.1) is 0 Å². The van der Waals surface area contributed by atoms with E-state index in [1.807, 2.05) is 28.8 Å². The predicted molar refractivity (Wildman–Crippen MR) is 65.5 cm³/mol. The monoisotopic (exact) mass is 226 g/mol. The number of rotatable bonds is 1. The van der Waals surface area contributed by atoms with Crippen molar-refractivity contribution in [3.63, 3.8) is 0 Å². The van der Waals surface area contributed by atoms with E-state index in [4.69, 9.17) is 11.5 Å². The van der Waals surface area contributed by atoms with Crippen molar-refractivity contribution in [2.45, 2.75) is 0 Å². The average molecular weight is 226 g/mol. The summed E-state index contributed by atoms with van der Waals surface area (Å²) < 4.78 is 1.84. The maximum Gasteiger partial charge on any atom is 0.170 e. The van der Waals surface area contributed by atoms with Gasteiger partial charge in [-0.1, -0.05) is 0 Å². The number of imidazole rings is 1. The van der Waals surface area contributed by atoms with Crippen LogP contribution in [0.2, 0.25) is 0 Å². The summed E-state index contributed by atoms with van der Waals surface area (Å²) in [5.41, 5.74) is 14.3. The van der Waals surface area contributed by atoms with E-state index in [-0.39, 0.29) is 0 Å². The first-order valence-electron chi connectivity index (χ1n) is 5.05. The zero-order valence-electron chi connectivity index (χ0n) is 8.91. The van der Waals surface area contributed by atoms with Crippen LogP contribution in [0.15, 0.2) is 36.9 Å². The Hall–Kier alpha value is -2.63. The minimum Gasteiger partial charge on any atom is -0.399 e. The molecule has 0 unspecified atom stereocenters. The number of nitrogens with zero attached hydrogens (tertiary/aromatic N) is 4. The van der Waals surface area contributed by atoms with Gasteiger partial charge in [0.05, 0.1) is 0 Å². The first kappa shape index (κ1) is 9.59. The normalized spacial score (nSPS) is 10.8. The Balaban J connectivity index is 2.24. The Morgan fingerprint density at radius 2 is 1.71 bits per heavy atom. The molecule has 0 saturated heterocycles. The van der Waals surface area contributed by atoms with Crippen LogP contribution in [-0.4, -0.2) is 19.5 Å². The van der Waals surface area contributed by atoms with E-state index < -0.39 is 0 Å². The van der Waals surface area contributed by atoms with Crippen LogP contribution in [0.25, 0.3) is 16.9 Å². The summed E-state index contributed by atoms with van der Waals surface area (Å²) in [6, 6.07) is 7.45. The number of fused-ring (bicyclic) bond motifs is 1. The van der Waals surface area contributed by atoms with Gasteiger partial charge in [0.25, 0.3) is 0 Å². The van der Waals surface area contributed by atoms with Gasteiger partial charge in [-0.05, 0) is 24.3 Å². The molecule has 3 aromatic rings. The standard InChI is InChI=1S/C11H10N6/c12-7-1-3-8(4-2-7)17-6-16-9-10(13)14-5-15-11(9)17/h1-6H,12H2,(H2,13,14,15). The maximum atomic E-state index is 5.72. The van der Waals surface area contributed by atoms with Crippen LogP contribution in [0, 0.1) is 0 Å². The van der Waals surface area contributed by atoms with E-state index in [0.717, 1.165) is 5.69 Å². The molecule has 0 spiro atoms. The molecule has 0 bridgehead atoms. The third kappa shape index (κ3) is 1.46. The van der Waals surface area contributed by atoms with Gasteiger partial charge in [-0.25, -0.2) is 15.0 Å². The van der Waals surface area contributed by atoms with E-state index in [2.05, 4.69) is 15.0 Å². The SMILES string of the molecule is Nc1ccc(-n2cnc3c(N)ncnc32)cc1. The van der Waals surface area contributed by atoms with Gasteiger partial charge in [0.2, 0.25) is 0 Å². The molecule has 0 aliphatic rings. The van der Waals surface area contributed by atoms with Gasteiger partial charge in [-0.2, -0.15) is 0 Å². The van der Waals surface area contributed by atoms with Gasteiger partial charge < -0.3 is 11.5 Å². The van der Waals surface area contributed by atoms with Gasteiger partial charge in [0.15, 0.2) is 17.0 Å². The quantitative estimate of drug-likeness (QED) is 0.603. The van der Waals surface area contributed by atoms with Crippen LogP contribution in [-0.2, 0) is 0 Å². The fourth-order valence-corrected chi connectivity index (χ4v) is 1.68. The summed E-state index contributed by atoms with van der Waals surface area (Å²) in [5.74, 6) is 0.379. The number of aromatic nitrogens is 4. The lowest BCUT2D eigenvalue weighted by atomic mass is 10.3. The fourth-order valence-electron chi connectivity index (χ4n) is 1.68. The Kier molecular flexibility index (Phi) is 1.94. The number of benzene rings is 1. The summed E-state index contributed by atoms with van der Waals surface area (Å²) in [7, 11) is 0. The highest BCUT2D eigenvalue weighted by molar-refractivity contribution is 5.82. The van der Waals surface area contributed by atoms with Gasteiger partial charge >= 0.3 is 0 Å². The van der Waals surface area contributed by atoms with Crippen molar-refractivity contribution in [1.82, 2.24) is 19.5 Å². The molecule has 2 aromatic heterocycles. The molecular weight excluding hydrogens is 216 g/mol. The van der Waals surface area contributed by atoms with Gasteiger partial charge in [-0.3, -0.25) is 4.57 Å². The highest BCUT2D eigenvalue weighted by Gasteiger charge is 2.08. The molecule has 6 heteroatoms. The molecule has 0 amide bonds. The third-order valence-corrected chi connectivity index (χ3v) is 2.53. The molecule has 1 aromatic carbocycles. The molecule has 0 radical (unpaired) electrons. The van der Waals surface area contributed by atoms with Crippen LogP contribution in [0.3, 0.4) is 0 Å². The van der Waals surface area contributed by atoms with E-state index >= 15 is 0 Å². The maximum absolute atomic E-state index is 5.72. The van der Waals surface area contributed by atoms with Crippen molar-refractivity contribution in [2.75, 3.05) is 11.5 Å². The first-order valence-corrected chi connectivity index (χ1v) is 5.05. The molecule has 17 heavy (non-hydrogen) atoms. The largest absolute Gasteiger partial charge is 0.399 e. The first-order chi connectivity index (χ1) is 8.25. The molecule has 4 N–H and O–H groups in total. The Bertz CT molecular complexity index is 670. The summed E-state index contributed by atoms with van der Waals surface area (Å²) >= 11 is 0. The molecule has 0 saturated carbocycles. The summed E-state index contributed by atoms with van der Waals surface area (Å²) in [4.78, 5) is 12.3. The van der Waals surface area contributed by atoms with E-state index in [9.17, 15) is 0 Å². The molecule has 0 fully saturated rings. The molecular formula is C11H10N6. The van der Waals surface area contributed by atoms with Crippen LogP contribution < -0.4 is 11.5 Å². The number of anilines is 2. The smallest absolute Gasteiger partial charge is 0.170 e. The lowest BCUT2D eigenvalue weighted by Crippen LogP contribution is -1.97. The number of nitrogens with two attached hydrogens (primary N) is 2. The molecule has 2 heterocycles. The predicted octanol–water partition coefficient (Wildman–Crippen LogP) is 0.980. The highest BCUT2D eigenvalue weighted by Crippen LogP contribution is 2.19. The zero-order valence-corrected chi connectivity index (χ0v) is 8.91. The Morgan fingerprint density at radius 1 is 0.941 bits per heavy atom. The van der Waals surface area contributed by atoms with E-state index in [1.54, 1.807) is 6.33 Å². The lowest BCUT2D eigenvalue weighted by molar-refractivity contribution is 1.06. The topological polar surface area (TPSA) is 95.6 Å². The van der Waals surface area contributed by atoms with Crippen LogP contribution >= 0.6 is 0 Å². The molecule has 84 valence electrons. The Morgan fingerprint density at radius 3 is 2.47 bits per heavy atom. The second kappa shape index (κ2) is 3.44. The number of hydrogen-bond donors (Lipinski definition) is 2. The summed E-state index contributed by atoms with van der Waals surface area (Å²) in [5, 5.41) is 0. The minimum absolute atomic E-state index is 0.379. The van der Waals surface area contributed by atoms with Crippen molar-refractivity contribution in [2.24, 2.45) is 0 Å².